The largest absolute Gasteiger partial charge is 0.444 e. The highest BCUT2D eigenvalue weighted by Crippen LogP contribution is 2.33. The van der Waals surface area contributed by atoms with Crippen molar-refractivity contribution < 1.29 is 14.3 Å². The van der Waals surface area contributed by atoms with Gasteiger partial charge in [-0.1, -0.05) is 0 Å². The lowest BCUT2D eigenvalue weighted by atomic mass is 9.84. The van der Waals surface area contributed by atoms with Crippen LogP contribution in [0.25, 0.3) is 0 Å². The summed E-state index contributed by atoms with van der Waals surface area (Å²) in [5.41, 5.74) is -0.465. The maximum atomic E-state index is 12.1. The Morgan fingerprint density at radius 2 is 1.76 bits per heavy atom. The van der Waals surface area contributed by atoms with Crippen LogP contribution in [0.1, 0.15) is 52.9 Å². The Morgan fingerprint density at radius 3 is 2.24 bits per heavy atom. The molecule has 2 heterocycles. The molecule has 0 spiro atoms. The third kappa shape index (κ3) is 2.79. The summed E-state index contributed by atoms with van der Waals surface area (Å²) >= 11 is 0. The van der Waals surface area contributed by atoms with Crippen LogP contribution in [0.2, 0.25) is 0 Å². The summed E-state index contributed by atoms with van der Waals surface area (Å²) in [4.78, 5) is 25.5. The second-order valence-corrected chi connectivity index (χ2v) is 6.07. The molecule has 2 saturated heterocycles. The second-order valence-electron chi connectivity index (χ2n) is 6.07. The molecule has 2 fully saturated rings. The van der Waals surface area contributed by atoms with Gasteiger partial charge in [0.15, 0.2) is 0 Å². The van der Waals surface area contributed by atoms with Gasteiger partial charge < -0.3 is 9.64 Å². The van der Waals surface area contributed by atoms with Gasteiger partial charge in [-0.2, -0.15) is 0 Å². The standard InChI is InChI=1S/C13H21NO3/c1-13(2,3)17-12(16)14-9-5-4-6-10(14)8-11(15)7-9/h9-10H,4-8H2,1-3H3/t9-,10-/m0/s1. The first-order chi connectivity index (χ1) is 7.87. The van der Waals surface area contributed by atoms with Crippen molar-refractivity contribution in [3.8, 4) is 0 Å². The minimum Gasteiger partial charge on any atom is -0.444 e. The molecule has 0 N–H and O–H groups in total. The Labute approximate surface area is 102 Å². The van der Waals surface area contributed by atoms with Crippen LogP contribution in [0.3, 0.4) is 0 Å². The molecule has 96 valence electrons. The van der Waals surface area contributed by atoms with Crippen molar-refractivity contribution in [1.82, 2.24) is 4.90 Å². The molecule has 2 atom stereocenters. The van der Waals surface area contributed by atoms with Crippen molar-refractivity contribution in [2.24, 2.45) is 0 Å². The molecule has 0 aromatic heterocycles. The summed E-state index contributed by atoms with van der Waals surface area (Å²) in [6.45, 7) is 5.61. The van der Waals surface area contributed by atoms with E-state index < -0.39 is 5.60 Å². The zero-order valence-electron chi connectivity index (χ0n) is 10.9. The van der Waals surface area contributed by atoms with Crippen LogP contribution in [0.15, 0.2) is 0 Å². The number of ketones is 1. The summed E-state index contributed by atoms with van der Waals surface area (Å²) in [5.74, 6) is 0.291. The van der Waals surface area contributed by atoms with E-state index in [4.69, 9.17) is 4.74 Å². The van der Waals surface area contributed by atoms with E-state index in [1.807, 2.05) is 25.7 Å². The molecule has 0 aliphatic carbocycles. The quantitative estimate of drug-likeness (QED) is 0.652. The summed E-state index contributed by atoms with van der Waals surface area (Å²) < 4.78 is 5.42. The molecule has 2 bridgehead atoms. The van der Waals surface area contributed by atoms with Crippen molar-refractivity contribution in [3.63, 3.8) is 0 Å². The molecule has 2 aliphatic heterocycles. The molecule has 0 unspecified atom stereocenters. The first kappa shape index (κ1) is 12.4. The van der Waals surface area contributed by atoms with Gasteiger partial charge in [-0.05, 0) is 40.0 Å². The van der Waals surface area contributed by atoms with E-state index in [1.54, 1.807) is 0 Å². The summed E-state index contributed by atoms with van der Waals surface area (Å²) in [6.07, 6.45) is 3.75. The maximum absolute atomic E-state index is 12.1. The summed E-state index contributed by atoms with van der Waals surface area (Å²) in [7, 11) is 0. The topological polar surface area (TPSA) is 46.6 Å². The number of hydrogen-bond acceptors (Lipinski definition) is 3. The van der Waals surface area contributed by atoms with Gasteiger partial charge in [0.05, 0.1) is 0 Å². The molecule has 2 rings (SSSR count). The molecule has 4 heteroatoms. The Balaban J connectivity index is 2.09. The minimum atomic E-state index is -0.465. The van der Waals surface area contributed by atoms with Crippen molar-refractivity contribution in [1.29, 1.82) is 0 Å². The highest BCUT2D eigenvalue weighted by molar-refractivity contribution is 5.83. The maximum Gasteiger partial charge on any atom is 0.410 e. The normalized spacial score (nSPS) is 29.1. The van der Waals surface area contributed by atoms with Crippen molar-refractivity contribution >= 4 is 11.9 Å². The van der Waals surface area contributed by atoms with Gasteiger partial charge in [0.25, 0.3) is 0 Å². The summed E-state index contributed by atoms with van der Waals surface area (Å²) in [5, 5.41) is 0. The number of amides is 1. The average Bonchev–Trinajstić information content (AvgIpc) is 2.12. The van der Waals surface area contributed by atoms with Crippen LogP contribution in [-0.4, -0.2) is 34.5 Å². The molecule has 2 aliphatic rings. The monoisotopic (exact) mass is 239 g/mol. The molecule has 0 aromatic carbocycles. The molecule has 0 aromatic rings. The van der Waals surface area contributed by atoms with Gasteiger partial charge in [0.1, 0.15) is 11.4 Å². The molecule has 0 saturated carbocycles. The van der Waals surface area contributed by atoms with Gasteiger partial charge in [-0.3, -0.25) is 4.79 Å². The van der Waals surface area contributed by atoms with Gasteiger partial charge in [-0.15, -0.1) is 0 Å². The number of hydrogen-bond donors (Lipinski definition) is 0. The third-order valence-corrected chi connectivity index (χ3v) is 3.39. The SMILES string of the molecule is CC(C)(C)OC(=O)N1[C@H]2CCC[C@H]1CC(=O)C2. The van der Waals surface area contributed by atoms with E-state index >= 15 is 0 Å². The van der Waals surface area contributed by atoms with E-state index in [0.29, 0.717) is 18.6 Å². The molecule has 4 nitrogen and oxygen atoms in total. The number of carbonyl (C=O) groups is 2. The lowest BCUT2D eigenvalue weighted by Gasteiger charge is -2.45. The minimum absolute atomic E-state index is 0.0739. The van der Waals surface area contributed by atoms with Crippen LogP contribution in [0.5, 0.6) is 0 Å². The van der Waals surface area contributed by atoms with Crippen LogP contribution >= 0.6 is 0 Å². The van der Waals surface area contributed by atoms with Crippen molar-refractivity contribution in [2.75, 3.05) is 0 Å². The van der Waals surface area contributed by atoms with E-state index in [-0.39, 0.29) is 18.2 Å². The molecule has 1 amide bonds. The predicted molar refractivity (Wildman–Crippen MR) is 63.7 cm³/mol. The van der Waals surface area contributed by atoms with Crippen LogP contribution in [0.4, 0.5) is 4.79 Å². The van der Waals surface area contributed by atoms with E-state index in [9.17, 15) is 9.59 Å². The number of carbonyl (C=O) groups excluding carboxylic acids is 2. The van der Waals surface area contributed by atoms with Crippen molar-refractivity contribution in [2.45, 2.75) is 70.6 Å². The lowest BCUT2D eigenvalue weighted by molar-refractivity contribution is -0.126. The molecular weight excluding hydrogens is 218 g/mol. The molecule has 17 heavy (non-hydrogen) atoms. The average molecular weight is 239 g/mol. The first-order valence-corrected chi connectivity index (χ1v) is 6.40. The van der Waals surface area contributed by atoms with Crippen molar-refractivity contribution in [3.05, 3.63) is 0 Å². The van der Waals surface area contributed by atoms with E-state index in [2.05, 4.69) is 0 Å². The van der Waals surface area contributed by atoms with Gasteiger partial charge in [-0.25, -0.2) is 4.79 Å². The highest BCUT2D eigenvalue weighted by atomic mass is 16.6. The Bertz CT molecular complexity index is 316. The predicted octanol–water partition coefficient (Wildman–Crippen LogP) is 2.51. The first-order valence-electron chi connectivity index (χ1n) is 6.40. The lowest BCUT2D eigenvalue weighted by Crippen LogP contribution is -2.56. The number of rotatable bonds is 0. The van der Waals surface area contributed by atoms with Crippen LogP contribution in [0, 0.1) is 0 Å². The second kappa shape index (κ2) is 4.31. The number of piperidine rings is 2. The zero-order chi connectivity index (χ0) is 12.6. The number of nitrogens with zero attached hydrogens (tertiary/aromatic N) is 1. The number of ether oxygens (including phenoxy) is 1. The third-order valence-electron chi connectivity index (χ3n) is 3.39. The Kier molecular flexibility index (Phi) is 3.15. The van der Waals surface area contributed by atoms with Gasteiger partial charge >= 0.3 is 6.09 Å². The Hall–Kier alpha value is -1.06. The van der Waals surface area contributed by atoms with Crippen LogP contribution < -0.4 is 0 Å². The fourth-order valence-corrected chi connectivity index (χ4v) is 2.79. The zero-order valence-corrected chi connectivity index (χ0v) is 10.9. The smallest absolute Gasteiger partial charge is 0.410 e. The summed E-state index contributed by atoms with van der Waals surface area (Å²) in [6, 6.07) is 0.148. The van der Waals surface area contributed by atoms with Gasteiger partial charge in [0.2, 0.25) is 0 Å². The molecular formula is C13H21NO3. The van der Waals surface area contributed by atoms with E-state index in [1.165, 1.54) is 0 Å². The Morgan fingerprint density at radius 1 is 1.24 bits per heavy atom. The number of fused-ring (bicyclic) bond motifs is 2. The fraction of sp³-hybridized carbons (Fsp3) is 0.846. The number of Topliss-reactive ketones (excluding diaryl/α,β-unsaturated/α-hetero) is 1. The molecule has 0 radical (unpaired) electrons. The van der Waals surface area contributed by atoms with E-state index in [0.717, 1.165) is 19.3 Å². The fourth-order valence-electron chi connectivity index (χ4n) is 2.79. The van der Waals surface area contributed by atoms with Crippen LogP contribution in [-0.2, 0) is 9.53 Å². The highest BCUT2D eigenvalue weighted by Gasteiger charge is 2.41. The van der Waals surface area contributed by atoms with Gasteiger partial charge in [0, 0.05) is 24.9 Å².